The van der Waals surface area contributed by atoms with Crippen LogP contribution in [0.4, 0.5) is 0 Å². The molecule has 110 valence electrons. The number of rotatable bonds is 2. The molecule has 1 aliphatic heterocycles. The Morgan fingerprint density at radius 2 is 2.24 bits per heavy atom. The summed E-state index contributed by atoms with van der Waals surface area (Å²) in [5, 5.41) is 23.1. The van der Waals surface area contributed by atoms with E-state index in [0.717, 1.165) is 4.90 Å². The van der Waals surface area contributed by atoms with Gasteiger partial charge in [0, 0.05) is 19.2 Å². The van der Waals surface area contributed by atoms with Gasteiger partial charge in [-0.1, -0.05) is 5.16 Å². The van der Waals surface area contributed by atoms with Crippen molar-refractivity contribution in [3.05, 3.63) is 23.5 Å². The maximum Gasteiger partial charge on any atom is 0.326 e. The van der Waals surface area contributed by atoms with E-state index in [0.29, 0.717) is 16.8 Å². The number of aliphatic hydroxyl groups is 1. The fraction of sp³-hybridized carbons (Fsp3) is 0.385. The fourth-order valence-electron chi connectivity index (χ4n) is 2.50. The van der Waals surface area contributed by atoms with E-state index in [-0.39, 0.29) is 18.5 Å². The van der Waals surface area contributed by atoms with Crippen LogP contribution < -0.4 is 0 Å². The second kappa shape index (κ2) is 4.81. The number of fused-ring (bicyclic) bond motifs is 1. The number of aliphatic carboxylic acids is 1. The Balaban J connectivity index is 1.95. The van der Waals surface area contributed by atoms with Gasteiger partial charge in [0.05, 0.1) is 22.7 Å². The Morgan fingerprint density at radius 1 is 1.48 bits per heavy atom. The molecule has 2 aromatic heterocycles. The molecular weight excluding hydrogens is 278 g/mol. The molecule has 1 fully saturated rings. The van der Waals surface area contributed by atoms with Crippen molar-refractivity contribution in [1.82, 2.24) is 15.0 Å². The van der Waals surface area contributed by atoms with Crippen LogP contribution in [0.5, 0.6) is 0 Å². The van der Waals surface area contributed by atoms with E-state index < -0.39 is 24.0 Å². The summed E-state index contributed by atoms with van der Waals surface area (Å²) in [6.07, 6.45) is 0.520. The predicted octanol–water partition coefficient (Wildman–Crippen LogP) is 0.191. The number of pyridine rings is 1. The molecule has 8 nitrogen and oxygen atoms in total. The molecule has 2 aromatic rings. The third-order valence-corrected chi connectivity index (χ3v) is 3.58. The number of hydrogen-bond donors (Lipinski definition) is 2. The topological polar surface area (TPSA) is 117 Å². The Hall–Kier alpha value is -2.48. The molecule has 3 rings (SSSR count). The molecule has 0 radical (unpaired) electrons. The average Bonchev–Trinajstić information content (AvgIpc) is 3.02. The van der Waals surface area contributed by atoms with Crippen molar-refractivity contribution in [3.8, 4) is 0 Å². The molecule has 2 atom stereocenters. The average molecular weight is 291 g/mol. The van der Waals surface area contributed by atoms with E-state index in [4.69, 9.17) is 9.63 Å². The molecule has 8 heteroatoms. The van der Waals surface area contributed by atoms with Crippen molar-refractivity contribution in [2.45, 2.75) is 25.5 Å². The molecule has 0 saturated carbocycles. The number of likely N-dealkylation sites (tertiary alicyclic amines) is 1. The minimum atomic E-state index is -1.13. The van der Waals surface area contributed by atoms with Gasteiger partial charge in [0.15, 0.2) is 0 Å². The standard InChI is InChI=1S/C13H13N3O5/c1-6-9-2-7(4-14-11(9)21-15-6)12(18)16-5-8(17)3-10(16)13(19)20/h2,4,8,10,17H,3,5H2,1H3,(H,19,20)/t8?,10-/m0/s1. The van der Waals surface area contributed by atoms with Gasteiger partial charge in [-0.05, 0) is 13.0 Å². The highest BCUT2D eigenvalue weighted by Crippen LogP contribution is 2.23. The molecule has 21 heavy (non-hydrogen) atoms. The van der Waals surface area contributed by atoms with E-state index in [1.54, 1.807) is 13.0 Å². The highest BCUT2D eigenvalue weighted by molar-refractivity contribution is 5.99. The summed E-state index contributed by atoms with van der Waals surface area (Å²) >= 11 is 0. The Bertz CT molecular complexity index is 726. The predicted molar refractivity (Wildman–Crippen MR) is 69.6 cm³/mol. The van der Waals surface area contributed by atoms with Crippen LogP contribution >= 0.6 is 0 Å². The first kappa shape index (κ1) is 13.5. The lowest BCUT2D eigenvalue weighted by atomic mass is 10.1. The quantitative estimate of drug-likeness (QED) is 0.811. The Labute approximate surface area is 119 Å². The number of carbonyl (C=O) groups excluding carboxylic acids is 1. The molecule has 0 spiro atoms. The number of hydrogen-bond acceptors (Lipinski definition) is 6. The normalized spacial score (nSPS) is 21.9. The van der Waals surface area contributed by atoms with Crippen LogP contribution in [-0.4, -0.2) is 55.8 Å². The van der Waals surface area contributed by atoms with E-state index in [2.05, 4.69) is 10.1 Å². The highest BCUT2D eigenvalue weighted by Gasteiger charge is 2.39. The molecule has 1 amide bonds. The molecule has 0 aliphatic carbocycles. The number of β-amino-alcohol motifs (C(OH)–C–C–N with tert-alkyl or cyclic N) is 1. The van der Waals surface area contributed by atoms with Gasteiger partial charge in [0.2, 0.25) is 0 Å². The lowest BCUT2D eigenvalue weighted by molar-refractivity contribution is -0.141. The van der Waals surface area contributed by atoms with Gasteiger partial charge in [-0.15, -0.1) is 0 Å². The zero-order valence-corrected chi connectivity index (χ0v) is 11.2. The zero-order valence-electron chi connectivity index (χ0n) is 11.2. The number of carbonyl (C=O) groups is 2. The molecule has 1 unspecified atom stereocenters. The molecule has 3 heterocycles. The van der Waals surface area contributed by atoms with Crippen LogP contribution in [0.25, 0.3) is 11.1 Å². The van der Waals surface area contributed by atoms with Crippen molar-refractivity contribution in [3.63, 3.8) is 0 Å². The first-order valence-electron chi connectivity index (χ1n) is 6.41. The molecule has 1 aliphatic rings. The largest absolute Gasteiger partial charge is 0.480 e. The zero-order chi connectivity index (χ0) is 15.1. The molecule has 2 N–H and O–H groups in total. The number of carboxylic acid groups (broad SMARTS) is 1. The lowest BCUT2D eigenvalue weighted by Gasteiger charge is -2.20. The van der Waals surface area contributed by atoms with Crippen molar-refractivity contribution in [2.24, 2.45) is 0 Å². The van der Waals surface area contributed by atoms with Gasteiger partial charge >= 0.3 is 5.97 Å². The number of amides is 1. The molecule has 0 aromatic carbocycles. The smallest absolute Gasteiger partial charge is 0.326 e. The summed E-state index contributed by atoms with van der Waals surface area (Å²) in [5.74, 6) is -1.61. The van der Waals surface area contributed by atoms with Gasteiger partial charge in [-0.2, -0.15) is 0 Å². The summed E-state index contributed by atoms with van der Waals surface area (Å²) in [5.41, 5.74) is 1.16. The fourth-order valence-corrected chi connectivity index (χ4v) is 2.50. The SMILES string of the molecule is Cc1noc2ncc(C(=O)N3CC(O)C[C@H]3C(=O)O)cc12. The van der Waals surface area contributed by atoms with Crippen molar-refractivity contribution in [1.29, 1.82) is 0 Å². The summed E-state index contributed by atoms with van der Waals surface area (Å²) in [6.45, 7) is 1.72. The first-order chi connectivity index (χ1) is 9.97. The van der Waals surface area contributed by atoms with E-state index in [1.807, 2.05) is 0 Å². The van der Waals surface area contributed by atoms with Crippen LogP contribution in [0.1, 0.15) is 22.5 Å². The first-order valence-corrected chi connectivity index (χ1v) is 6.41. The van der Waals surface area contributed by atoms with Gasteiger partial charge in [-0.25, -0.2) is 9.78 Å². The summed E-state index contributed by atoms with van der Waals surface area (Å²) in [7, 11) is 0. The third-order valence-electron chi connectivity index (χ3n) is 3.58. The second-order valence-electron chi connectivity index (χ2n) is 5.05. The molecular formula is C13H13N3O5. The number of aromatic nitrogens is 2. The Kier molecular flexibility index (Phi) is 3.09. The highest BCUT2D eigenvalue weighted by atomic mass is 16.5. The summed E-state index contributed by atoms with van der Waals surface area (Å²) in [6, 6.07) is 0.548. The van der Waals surface area contributed by atoms with Crippen LogP contribution in [0.2, 0.25) is 0 Å². The van der Waals surface area contributed by atoms with Crippen molar-refractivity contribution >= 4 is 23.0 Å². The minimum absolute atomic E-state index is 0.00352. The van der Waals surface area contributed by atoms with Crippen molar-refractivity contribution < 1.29 is 24.3 Å². The monoisotopic (exact) mass is 291 g/mol. The number of aryl methyl sites for hydroxylation is 1. The van der Waals surface area contributed by atoms with Crippen molar-refractivity contribution in [2.75, 3.05) is 6.54 Å². The maximum atomic E-state index is 12.4. The Morgan fingerprint density at radius 3 is 2.95 bits per heavy atom. The minimum Gasteiger partial charge on any atom is -0.480 e. The summed E-state index contributed by atoms with van der Waals surface area (Å²) < 4.78 is 4.97. The van der Waals surface area contributed by atoms with E-state index >= 15 is 0 Å². The van der Waals surface area contributed by atoms with Crippen LogP contribution in [0.15, 0.2) is 16.8 Å². The molecule has 0 bridgehead atoms. The van der Waals surface area contributed by atoms with Crippen LogP contribution in [0.3, 0.4) is 0 Å². The van der Waals surface area contributed by atoms with Crippen LogP contribution in [-0.2, 0) is 4.79 Å². The van der Waals surface area contributed by atoms with Gasteiger partial charge in [0.1, 0.15) is 6.04 Å². The van der Waals surface area contributed by atoms with E-state index in [1.165, 1.54) is 6.20 Å². The number of carboxylic acids is 1. The maximum absolute atomic E-state index is 12.4. The van der Waals surface area contributed by atoms with E-state index in [9.17, 15) is 14.7 Å². The van der Waals surface area contributed by atoms with Crippen LogP contribution in [0, 0.1) is 6.92 Å². The van der Waals surface area contributed by atoms with Gasteiger partial charge in [0.25, 0.3) is 11.6 Å². The van der Waals surface area contributed by atoms with Gasteiger partial charge < -0.3 is 19.6 Å². The third kappa shape index (κ3) is 2.23. The number of aliphatic hydroxyl groups excluding tert-OH is 1. The molecule has 1 saturated heterocycles. The van der Waals surface area contributed by atoms with Gasteiger partial charge in [-0.3, -0.25) is 4.79 Å². The lowest BCUT2D eigenvalue weighted by Crippen LogP contribution is -2.40. The summed E-state index contributed by atoms with van der Waals surface area (Å²) in [4.78, 5) is 28.8. The second-order valence-corrected chi connectivity index (χ2v) is 5.05. The number of nitrogens with zero attached hydrogens (tertiary/aromatic N) is 3.